The number of hydrogen-bond acceptors (Lipinski definition) is 5. The van der Waals surface area contributed by atoms with Gasteiger partial charge < -0.3 is 9.16 Å². The molecule has 6 heteroatoms. The summed E-state index contributed by atoms with van der Waals surface area (Å²) in [7, 11) is -0.543. The van der Waals surface area contributed by atoms with Crippen LogP contribution < -0.4 is 0 Å². The van der Waals surface area contributed by atoms with Gasteiger partial charge in [-0.15, -0.1) is 0 Å². The van der Waals surface area contributed by atoms with Crippen LogP contribution in [0.25, 0.3) is 0 Å². The summed E-state index contributed by atoms with van der Waals surface area (Å²) in [6.45, 7) is 14.9. The predicted molar refractivity (Wildman–Crippen MR) is 182 cm³/mol. The highest BCUT2D eigenvalue weighted by Gasteiger charge is 2.46. The molecule has 3 aromatic rings. The number of methoxy groups -OCH3 is 1. The molecule has 0 saturated carbocycles. The normalized spacial score (nSPS) is 21.5. The van der Waals surface area contributed by atoms with Gasteiger partial charge in [-0.2, -0.15) is 0 Å². The molecule has 0 spiro atoms. The highest BCUT2D eigenvalue weighted by atomic mass is 28.4. The lowest BCUT2D eigenvalue weighted by Crippen LogP contribution is -2.55. The standard InChI is InChI=1S/C38H50N2O3Si/c1-37(2,3)44(5,6)43-35-25-28-40(29-30(35)24-27-39-26-16-23-34(39)36(41)42-4)38(31-17-10-7-11-18-31,32-19-12-8-13-20-32)33-21-14-9-15-22-33/h7-15,17-22,24,34-35H,16,23,25-29H2,1-6H3/t34-,35?/m0/s1. The van der Waals surface area contributed by atoms with E-state index < -0.39 is 13.9 Å². The van der Waals surface area contributed by atoms with Crippen LogP contribution in [0.15, 0.2) is 103 Å². The Morgan fingerprint density at radius 1 is 0.841 bits per heavy atom. The fourth-order valence-electron chi connectivity index (χ4n) is 6.78. The van der Waals surface area contributed by atoms with Crippen LogP contribution in [-0.4, -0.2) is 69.5 Å². The van der Waals surface area contributed by atoms with E-state index in [1.807, 2.05) is 0 Å². The summed E-state index contributed by atoms with van der Waals surface area (Å²) in [6, 6.07) is 32.7. The molecule has 0 radical (unpaired) electrons. The molecule has 2 saturated heterocycles. The molecule has 1 unspecified atom stereocenters. The molecule has 2 fully saturated rings. The van der Waals surface area contributed by atoms with E-state index in [1.165, 1.54) is 29.4 Å². The SMILES string of the molecule is COC(=O)[C@@H]1CCCN1CC=C1CN(C(c2ccccc2)(c2ccccc2)c2ccccc2)CCC1O[Si](C)(C)C(C)(C)C. The minimum Gasteiger partial charge on any atom is -0.468 e. The molecule has 0 amide bonds. The number of benzene rings is 3. The minimum atomic E-state index is -2.04. The average molecular weight is 611 g/mol. The van der Waals surface area contributed by atoms with Gasteiger partial charge in [-0.05, 0) is 66.2 Å². The number of carbonyl (C=O) groups excluding carboxylic acids is 1. The van der Waals surface area contributed by atoms with Gasteiger partial charge in [0.05, 0.1) is 18.8 Å². The van der Waals surface area contributed by atoms with Crippen LogP contribution in [0.4, 0.5) is 0 Å². The van der Waals surface area contributed by atoms with E-state index in [2.05, 4.69) is 141 Å². The molecule has 44 heavy (non-hydrogen) atoms. The summed E-state index contributed by atoms with van der Waals surface area (Å²) in [5.41, 5.74) is 4.60. The number of likely N-dealkylation sites (tertiary alicyclic amines) is 2. The lowest BCUT2D eigenvalue weighted by atomic mass is 9.74. The Bertz CT molecular complexity index is 1310. The number of esters is 1. The molecule has 2 aliphatic heterocycles. The monoisotopic (exact) mass is 610 g/mol. The zero-order valence-electron chi connectivity index (χ0n) is 27.5. The molecule has 0 aliphatic carbocycles. The molecule has 2 aliphatic rings. The number of hydrogen-bond donors (Lipinski definition) is 0. The Morgan fingerprint density at radius 2 is 1.36 bits per heavy atom. The van der Waals surface area contributed by atoms with E-state index in [4.69, 9.17) is 9.16 Å². The van der Waals surface area contributed by atoms with Crippen LogP contribution in [-0.2, 0) is 19.5 Å². The maximum atomic E-state index is 12.6. The van der Waals surface area contributed by atoms with E-state index in [0.29, 0.717) is 0 Å². The predicted octanol–water partition coefficient (Wildman–Crippen LogP) is 7.64. The van der Waals surface area contributed by atoms with Crippen molar-refractivity contribution in [1.82, 2.24) is 9.80 Å². The zero-order valence-corrected chi connectivity index (χ0v) is 28.5. The molecule has 0 N–H and O–H groups in total. The van der Waals surface area contributed by atoms with Crippen LogP contribution in [0.1, 0.15) is 56.7 Å². The lowest BCUT2D eigenvalue weighted by molar-refractivity contribution is -0.145. The van der Waals surface area contributed by atoms with Crippen molar-refractivity contribution in [2.75, 3.05) is 33.3 Å². The zero-order chi connectivity index (χ0) is 31.4. The van der Waals surface area contributed by atoms with Crippen LogP contribution >= 0.6 is 0 Å². The van der Waals surface area contributed by atoms with Gasteiger partial charge in [0, 0.05) is 19.6 Å². The van der Waals surface area contributed by atoms with Crippen molar-refractivity contribution in [3.05, 3.63) is 119 Å². The molecular weight excluding hydrogens is 561 g/mol. The second-order valence-corrected chi connectivity index (χ2v) is 18.6. The number of ether oxygens (including phenoxy) is 1. The van der Waals surface area contributed by atoms with E-state index >= 15 is 0 Å². The quantitative estimate of drug-likeness (QED) is 0.108. The van der Waals surface area contributed by atoms with Gasteiger partial charge in [0.25, 0.3) is 0 Å². The number of rotatable bonds is 9. The van der Waals surface area contributed by atoms with E-state index in [0.717, 1.165) is 45.4 Å². The van der Waals surface area contributed by atoms with Gasteiger partial charge in [0.1, 0.15) is 6.04 Å². The van der Waals surface area contributed by atoms with Gasteiger partial charge in [0.2, 0.25) is 0 Å². The third-order valence-corrected chi connectivity index (χ3v) is 14.7. The highest BCUT2D eigenvalue weighted by molar-refractivity contribution is 6.74. The van der Waals surface area contributed by atoms with Crippen molar-refractivity contribution < 1.29 is 14.0 Å². The maximum Gasteiger partial charge on any atom is 0.323 e. The van der Waals surface area contributed by atoms with Crippen molar-refractivity contribution >= 4 is 14.3 Å². The highest BCUT2D eigenvalue weighted by Crippen LogP contribution is 2.46. The van der Waals surface area contributed by atoms with Crippen LogP contribution in [0.2, 0.25) is 18.1 Å². The Kier molecular flexibility index (Phi) is 9.95. The Hall–Kier alpha value is -3.03. The molecule has 0 bridgehead atoms. The largest absolute Gasteiger partial charge is 0.468 e. The fraction of sp³-hybridized carbons (Fsp3) is 0.447. The van der Waals surface area contributed by atoms with E-state index in [9.17, 15) is 4.79 Å². The summed E-state index contributed by atoms with van der Waals surface area (Å²) in [5, 5.41) is 0.113. The maximum absolute atomic E-state index is 12.6. The molecule has 234 valence electrons. The van der Waals surface area contributed by atoms with Gasteiger partial charge >= 0.3 is 5.97 Å². The first-order valence-electron chi connectivity index (χ1n) is 16.2. The van der Waals surface area contributed by atoms with E-state index in [1.54, 1.807) is 0 Å². The fourth-order valence-corrected chi connectivity index (χ4v) is 8.11. The molecular formula is C38H50N2O3Si. The van der Waals surface area contributed by atoms with Crippen molar-refractivity contribution in [1.29, 1.82) is 0 Å². The number of nitrogens with zero attached hydrogens (tertiary/aromatic N) is 2. The van der Waals surface area contributed by atoms with Crippen LogP contribution in [0, 0.1) is 0 Å². The summed E-state index contributed by atoms with van der Waals surface area (Å²) in [6.07, 6.45) is 5.19. The lowest BCUT2D eigenvalue weighted by Gasteiger charge is -2.50. The van der Waals surface area contributed by atoms with Crippen molar-refractivity contribution in [3.8, 4) is 0 Å². The first-order valence-corrected chi connectivity index (χ1v) is 19.1. The minimum absolute atomic E-state index is 0.0475. The average Bonchev–Trinajstić information content (AvgIpc) is 3.50. The Balaban J connectivity index is 1.60. The summed E-state index contributed by atoms with van der Waals surface area (Å²) >= 11 is 0. The second-order valence-electron chi connectivity index (χ2n) is 13.8. The third kappa shape index (κ3) is 6.50. The van der Waals surface area contributed by atoms with Crippen LogP contribution in [0.3, 0.4) is 0 Å². The summed E-state index contributed by atoms with van der Waals surface area (Å²) in [4.78, 5) is 17.5. The summed E-state index contributed by atoms with van der Waals surface area (Å²) < 4.78 is 12.3. The Morgan fingerprint density at radius 3 is 1.84 bits per heavy atom. The molecule has 5 nitrogen and oxygen atoms in total. The molecule has 3 aromatic carbocycles. The molecule has 0 aromatic heterocycles. The second kappa shape index (κ2) is 13.5. The molecule has 2 atom stereocenters. The Labute approximate surface area is 266 Å². The smallest absolute Gasteiger partial charge is 0.323 e. The number of piperidine rings is 1. The van der Waals surface area contributed by atoms with Crippen molar-refractivity contribution in [2.24, 2.45) is 0 Å². The summed E-state index contributed by atoms with van der Waals surface area (Å²) in [5.74, 6) is -0.128. The van der Waals surface area contributed by atoms with Crippen LogP contribution in [0.5, 0.6) is 0 Å². The topological polar surface area (TPSA) is 42.0 Å². The molecule has 2 heterocycles. The first kappa shape index (κ1) is 32.4. The van der Waals surface area contributed by atoms with Gasteiger partial charge in [-0.25, -0.2) is 0 Å². The van der Waals surface area contributed by atoms with Crippen molar-refractivity contribution in [3.63, 3.8) is 0 Å². The number of carbonyl (C=O) groups is 1. The van der Waals surface area contributed by atoms with Crippen molar-refractivity contribution in [2.45, 2.75) is 75.9 Å². The van der Waals surface area contributed by atoms with Gasteiger partial charge in [-0.1, -0.05) is 118 Å². The molecule has 5 rings (SSSR count). The van der Waals surface area contributed by atoms with E-state index in [-0.39, 0.29) is 23.2 Å². The first-order chi connectivity index (χ1) is 21.1. The van der Waals surface area contributed by atoms with Gasteiger partial charge in [-0.3, -0.25) is 14.6 Å². The van der Waals surface area contributed by atoms with Gasteiger partial charge in [0.15, 0.2) is 8.32 Å². The third-order valence-electron chi connectivity index (χ3n) is 10.2.